The fourth-order valence-corrected chi connectivity index (χ4v) is 4.59. The molecule has 2 aliphatic rings. The Labute approximate surface area is 195 Å². The Kier molecular flexibility index (Phi) is 11.3. The van der Waals surface area contributed by atoms with E-state index in [1.54, 1.807) is 0 Å². The van der Waals surface area contributed by atoms with Crippen molar-refractivity contribution in [3.63, 3.8) is 0 Å². The molecule has 6 heteroatoms. The van der Waals surface area contributed by atoms with Crippen molar-refractivity contribution in [1.29, 1.82) is 0 Å². The Morgan fingerprint density at radius 1 is 1.16 bits per heavy atom. The molecule has 2 N–H and O–H groups in total. The van der Waals surface area contributed by atoms with E-state index in [1.807, 2.05) is 0 Å². The molecule has 2 aliphatic heterocycles. The second kappa shape index (κ2) is 14.5. The smallest absolute Gasteiger partial charge is 0.191 e. The summed E-state index contributed by atoms with van der Waals surface area (Å²) in [7, 11) is 0. The average molecular weight is 445 g/mol. The Bertz CT molecular complexity index is 676. The van der Waals surface area contributed by atoms with Gasteiger partial charge in [0.15, 0.2) is 5.96 Å². The van der Waals surface area contributed by atoms with E-state index in [4.69, 9.17) is 14.5 Å². The minimum absolute atomic E-state index is 0.670. The van der Waals surface area contributed by atoms with Crippen molar-refractivity contribution < 1.29 is 9.47 Å². The van der Waals surface area contributed by atoms with Gasteiger partial charge in [0.2, 0.25) is 0 Å². The maximum atomic E-state index is 5.88. The van der Waals surface area contributed by atoms with E-state index in [0.717, 1.165) is 77.2 Å². The predicted molar refractivity (Wildman–Crippen MR) is 132 cm³/mol. The zero-order valence-electron chi connectivity index (χ0n) is 20.3. The van der Waals surface area contributed by atoms with Crippen LogP contribution >= 0.6 is 0 Å². The number of nitrogens with zero attached hydrogens (tertiary/aromatic N) is 2. The second-order valence-electron chi connectivity index (χ2n) is 9.36. The molecule has 6 nitrogen and oxygen atoms in total. The van der Waals surface area contributed by atoms with Crippen LogP contribution in [0.4, 0.5) is 0 Å². The van der Waals surface area contributed by atoms with Gasteiger partial charge in [0.1, 0.15) is 0 Å². The van der Waals surface area contributed by atoms with Crippen molar-refractivity contribution in [2.75, 3.05) is 52.6 Å². The van der Waals surface area contributed by atoms with Crippen molar-refractivity contribution in [2.24, 2.45) is 16.8 Å². The van der Waals surface area contributed by atoms with Crippen LogP contribution in [0.5, 0.6) is 0 Å². The molecule has 1 atom stereocenters. The van der Waals surface area contributed by atoms with Crippen LogP contribution in [0.2, 0.25) is 0 Å². The van der Waals surface area contributed by atoms with Crippen LogP contribution in [0.1, 0.15) is 57.1 Å². The monoisotopic (exact) mass is 444 g/mol. The third-order valence-corrected chi connectivity index (χ3v) is 6.46. The highest BCUT2D eigenvalue weighted by Crippen LogP contribution is 2.20. The summed E-state index contributed by atoms with van der Waals surface area (Å²) < 4.78 is 11.3. The van der Waals surface area contributed by atoms with Crippen LogP contribution in [0.25, 0.3) is 0 Å². The van der Waals surface area contributed by atoms with Gasteiger partial charge in [-0.1, -0.05) is 31.2 Å². The van der Waals surface area contributed by atoms with Crippen molar-refractivity contribution in [3.05, 3.63) is 35.4 Å². The van der Waals surface area contributed by atoms with E-state index < -0.39 is 0 Å². The van der Waals surface area contributed by atoms with Crippen LogP contribution in [-0.2, 0) is 22.6 Å². The molecule has 0 spiro atoms. The summed E-state index contributed by atoms with van der Waals surface area (Å²) in [6, 6.07) is 8.77. The molecule has 0 bridgehead atoms. The Hall–Kier alpha value is -1.63. The molecule has 0 aliphatic carbocycles. The van der Waals surface area contributed by atoms with E-state index in [9.17, 15) is 0 Å². The molecule has 0 radical (unpaired) electrons. The first kappa shape index (κ1) is 25.0. The van der Waals surface area contributed by atoms with Gasteiger partial charge in [-0.3, -0.25) is 4.90 Å². The maximum absolute atomic E-state index is 5.88. The largest absolute Gasteiger partial charge is 0.381 e. The number of nitrogens with one attached hydrogen (secondary N) is 2. The number of guanidine groups is 1. The fourth-order valence-electron chi connectivity index (χ4n) is 4.59. The number of hydrogen-bond donors (Lipinski definition) is 2. The Balaban J connectivity index is 1.42. The summed E-state index contributed by atoms with van der Waals surface area (Å²) >= 11 is 0. The number of likely N-dealkylation sites (tertiary alicyclic amines) is 1. The third-order valence-electron chi connectivity index (χ3n) is 6.46. The van der Waals surface area contributed by atoms with Crippen LogP contribution in [0.3, 0.4) is 0 Å². The molecule has 2 saturated heterocycles. The Morgan fingerprint density at radius 2 is 1.97 bits per heavy atom. The van der Waals surface area contributed by atoms with Crippen molar-refractivity contribution in [1.82, 2.24) is 15.5 Å². The second-order valence-corrected chi connectivity index (χ2v) is 9.36. The fraction of sp³-hybridized carbons (Fsp3) is 0.731. The quantitative estimate of drug-likeness (QED) is 0.309. The molecule has 0 aromatic heterocycles. The van der Waals surface area contributed by atoms with E-state index >= 15 is 0 Å². The van der Waals surface area contributed by atoms with E-state index in [0.29, 0.717) is 12.5 Å². The van der Waals surface area contributed by atoms with Crippen LogP contribution in [-0.4, -0.2) is 63.5 Å². The highest BCUT2D eigenvalue weighted by atomic mass is 16.5. The lowest BCUT2D eigenvalue weighted by atomic mass is 9.99. The van der Waals surface area contributed by atoms with Crippen molar-refractivity contribution in [3.8, 4) is 0 Å². The molecule has 1 aromatic rings. The van der Waals surface area contributed by atoms with Gasteiger partial charge in [-0.25, -0.2) is 4.99 Å². The first-order valence-corrected chi connectivity index (χ1v) is 12.7. The molecule has 180 valence electrons. The van der Waals surface area contributed by atoms with Gasteiger partial charge in [-0.15, -0.1) is 0 Å². The number of ether oxygens (including phenoxy) is 2. The highest BCUT2D eigenvalue weighted by molar-refractivity contribution is 5.79. The number of aliphatic imine (C=N–C) groups is 1. The lowest BCUT2D eigenvalue weighted by Gasteiger charge is -2.31. The number of hydrogen-bond acceptors (Lipinski definition) is 4. The van der Waals surface area contributed by atoms with Gasteiger partial charge >= 0.3 is 0 Å². The lowest BCUT2D eigenvalue weighted by molar-refractivity contribution is 0.0203. The molecular weight excluding hydrogens is 400 g/mol. The summed E-state index contributed by atoms with van der Waals surface area (Å²) in [6.07, 6.45) is 5.92. The topological polar surface area (TPSA) is 58.1 Å². The molecule has 2 fully saturated rings. The summed E-state index contributed by atoms with van der Waals surface area (Å²) in [4.78, 5) is 7.46. The zero-order chi connectivity index (χ0) is 22.4. The zero-order valence-corrected chi connectivity index (χ0v) is 20.3. The summed E-state index contributed by atoms with van der Waals surface area (Å²) in [6.45, 7) is 13.8. The van der Waals surface area contributed by atoms with E-state index in [-0.39, 0.29) is 0 Å². The van der Waals surface area contributed by atoms with Gasteiger partial charge < -0.3 is 20.1 Å². The third kappa shape index (κ3) is 9.08. The van der Waals surface area contributed by atoms with Crippen LogP contribution < -0.4 is 10.6 Å². The van der Waals surface area contributed by atoms with Gasteiger partial charge in [-0.05, 0) is 68.5 Å². The molecule has 0 saturated carbocycles. The van der Waals surface area contributed by atoms with E-state index in [2.05, 4.69) is 53.6 Å². The summed E-state index contributed by atoms with van der Waals surface area (Å²) in [5, 5.41) is 6.84. The SMILES string of the molecule is CCNC(=NCc1ccccc1CN1CCCC(C)C1)NCCCOCC1CCOCC1. The van der Waals surface area contributed by atoms with Crippen molar-refractivity contribution in [2.45, 2.75) is 59.0 Å². The minimum atomic E-state index is 0.670. The van der Waals surface area contributed by atoms with Gasteiger partial charge in [0.05, 0.1) is 6.54 Å². The summed E-state index contributed by atoms with van der Waals surface area (Å²) in [5.74, 6) is 2.36. The number of rotatable bonds is 11. The maximum Gasteiger partial charge on any atom is 0.191 e. The molecule has 32 heavy (non-hydrogen) atoms. The lowest BCUT2D eigenvalue weighted by Crippen LogP contribution is -2.38. The van der Waals surface area contributed by atoms with E-state index in [1.165, 1.54) is 37.1 Å². The molecular formula is C26H44N4O2. The number of piperidine rings is 1. The molecule has 1 aromatic carbocycles. The first-order chi connectivity index (χ1) is 15.7. The molecule has 0 amide bonds. The summed E-state index contributed by atoms with van der Waals surface area (Å²) in [5.41, 5.74) is 2.73. The Morgan fingerprint density at radius 3 is 2.75 bits per heavy atom. The van der Waals surface area contributed by atoms with Gasteiger partial charge in [-0.2, -0.15) is 0 Å². The normalized spacial score (nSPS) is 20.9. The van der Waals surface area contributed by atoms with Gasteiger partial charge in [0.25, 0.3) is 0 Å². The minimum Gasteiger partial charge on any atom is -0.381 e. The van der Waals surface area contributed by atoms with Crippen LogP contribution in [0, 0.1) is 11.8 Å². The predicted octanol–water partition coefficient (Wildman–Crippen LogP) is 3.81. The van der Waals surface area contributed by atoms with Gasteiger partial charge in [0, 0.05) is 52.6 Å². The van der Waals surface area contributed by atoms with Crippen LogP contribution in [0.15, 0.2) is 29.3 Å². The standard InChI is InChI=1S/C26H44N4O2/c1-3-27-26(28-13-7-15-32-21-23-11-16-31-17-12-23)29-18-24-9-4-5-10-25(24)20-30-14-6-8-22(2)19-30/h4-5,9-10,22-23H,3,6-8,11-21H2,1-2H3,(H2,27,28,29). The highest BCUT2D eigenvalue weighted by Gasteiger charge is 2.17. The average Bonchev–Trinajstić information content (AvgIpc) is 2.81. The first-order valence-electron chi connectivity index (χ1n) is 12.7. The van der Waals surface area contributed by atoms with Crippen molar-refractivity contribution >= 4 is 5.96 Å². The number of benzene rings is 1. The molecule has 1 unspecified atom stereocenters. The molecule has 3 rings (SSSR count). The molecule has 2 heterocycles.